The molecule has 0 aliphatic carbocycles. The predicted octanol–water partition coefficient (Wildman–Crippen LogP) is 0.209. The molecule has 2 atom stereocenters. The van der Waals surface area contributed by atoms with Crippen LogP contribution >= 0.6 is 0 Å². The Morgan fingerprint density at radius 3 is 3.00 bits per heavy atom. The SMILES string of the molecule is Cn1nccc1C(=O)N[C@H]1CCOC[C@H]1Nc1ccncn1. The number of aromatic nitrogens is 4. The molecule has 2 N–H and O–H groups in total. The molecule has 1 saturated heterocycles. The number of nitrogens with zero attached hydrogens (tertiary/aromatic N) is 4. The number of anilines is 1. The van der Waals surface area contributed by atoms with Crippen molar-refractivity contribution in [3.05, 3.63) is 36.5 Å². The third-order valence-corrected chi connectivity index (χ3v) is 3.64. The highest BCUT2D eigenvalue weighted by molar-refractivity contribution is 5.92. The van der Waals surface area contributed by atoms with Crippen LogP contribution in [0.5, 0.6) is 0 Å². The molecular formula is C14H18N6O2. The number of hydrogen-bond acceptors (Lipinski definition) is 6. The van der Waals surface area contributed by atoms with Crippen LogP contribution in [0.1, 0.15) is 16.9 Å². The summed E-state index contributed by atoms with van der Waals surface area (Å²) in [4.78, 5) is 20.4. The van der Waals surface area contributed by atoms with E-state index in [1.54, 1.807) is 36.3 Å². The van der Waals surface area contributed by atoms with Crippen molar-refractivity contribution in [2.45, 2.75) is 18.5 Å². The highest BCUT2D eigenvalue weighted by Crippen LogP contribution is 2.13. The zero-order valence-electron chi connectivity index (χ0n) is 12.3. The molecule has 2 aromatic rings. The van der Waals surface area contributed by atoms with Gasteiger partial charge in [0.25, 0.3) is 5.91 Å². The van der Waals surface area contributed by atoms with Gasteiger partial charge in [0.05, 0.1) is 18.7 Å². The molecule has 1 aliphatic heterocycles. The van der Waals surface area contributed by atoms with Gasteiger partial charge in [0.1, 0.15) is 17.8 Å². The molecule has 8 heteroatoms. The van der Waals surface area contributed by atoms with Crippen molar-refractivity contribution in [3.63, 3.8) is 0 Å². The lowest BCUT2D eigenvalue weighted by atomic mass is 10.0. The van der Waals surface area contributed by atoms with Gasteiger partial charge in [-0.25, -0.2) is 9.97 Å². The summed E-state index contributed by atoms with van der Waals surface area (Å²) in [6.45, 7) is 1.14. The fraction of sp³-hybridized carbons (Fsp3) is 0.429. The van der Waals surface area contributed by atoms with E-state index in [2.05, 4.69) is 25.7 Å². The minimum atomic E-state index is -0.138. The molecule has 1 amide bonds. The number of amides is 1. The second-order valence-corrected chi connectivity index (χ2v) is 5.13. The van der Waals surface area contributed by atoms with Gasteiger partial charge in [-0.1, -0.05) is 0 Å². The number of aryl methyl sites for hydroxylation is 1. The van der Waals surface area contributed by atoms with Crippen molar-refractivity contribution in [2.24, 2.45) is 7.05 Å². The topological polar surface area (TPSA) is 94.0 Å². The van der Waals surface area contributed by atoms with Crippen molar-refractivity contribution in [2.75, 3.05) is 18.5 Å². The minimum absolute atomic E-state index is 0.0360. The van der Waals surface area contributed by atoms with E-state index >= 15 is 0 Å². The van der Waals surface area contributed by atoms with E-state index < -0.39 is 0 Å². The lowest BCUT2D eigenvalue weighted by Crippen LogP contribution is -2.52. The van der Waals surface area contributed by atoms with E-state index in [0.29, 0.717) is 24.7 Å². The predicted molar refractivity (Wildman–Crippen MR) is 79.3 cm³/mol. The Labute approximate surface area is 127 Å². The Kier molecular flexibility index (Phi) is 4.29. The number of hydrogen-bond donors (Lipinski definition) is 2. The Bertz CT molecular complexity index is 629. The summed E-state index contributed by atoms with van der Waals surface area (Å²) in [6, 6.07) is 3.41. The average Bonchev–Trinajstić information content (AvgIpc) is 2.96. The van der Waals surface area contributed by atoms with Crippen LogP contribution in [0.25, 0.3) is 0 Å². The number of rotatable bonds is 4. The maximum Gasteiger partial charge on any atom is 0.269 e. The minimum Gasteiger partial charge on any atom is -0.379 e. The van der Waals surface area contributed by atoms with Crippen LogP contribution in [0, 0.1) is 0 Å². The molecule has 0 radical (unpaired) electrons. The summed E-state index contributed by atoms with van der Waals surface area (Å²) in [5.74, 6) is 0.576. The number of nitrogens with one attached hydrogen (secondary N) is 2. The zero-order valence-corrected chi connectivity index (χ0v) is 12.3. The van der Waals surface area contributed by atoms with Crippen LogP contribution < -0.4 is 10.6 Å². The maximum atomic E-state index is 12.3. The summed E-state index contributed by atoms with van der Waals surface area (Å²) >= 11 is 0. The van der Waals surface area contributed by atoms with Crippen LogP contribution in [-0.2, 0) is 11.8 Å². The number of ether oxygens (including phenoxy) is 1. The van der Waals surface area contributed by atoms with E-state index in [0.717, 1.165) is 6.42 Å². The molecule has 3 heterocycles. The zero-order chi connectivity index (χ0) is 15.4. The summed E-state index contributed by atoms with van der Waals surface area (Å²) in [5.41, 5.74) is 0.535. The third-order valence-electron chi connectivity index (χ3n) is 3.64. The van der Waals surface area contributed by atoms with Gasteiger partial charge in [0.2, 0.25) is 0 Å². The van der Waals surface area contributed by atoms with Gasteiger partial charge in [-0.3, -0.25) is 9.48 Å². The van der Waals surface area contributed by atoms with Crippen LogP contribution in [0.4, 0.5) is 5.82 Å². The monoisotopic (exact) mass is 302 g/mol. The second-order valence-electron chi connectivity index (χ2n) is 5.13. The van der Waals surface area contributed by atoms with Crippen LogP contribution in [-0.4, -0.2) is 51.0 Å². The van der Waals surface area contributed by atoms with Gasteiger partial charge in [-0.05, 0) is 18.6 Å². The lowest BCUT2D eigenvalue weighted by molar-refractivity contribution is 0.0616. The first-order chi connectivity index (χ1) is 10.7. The van der Waals surface area contributed by atoms with Crippen molar-refractivity contribution in [3.8, 4) is 0 Å². The average molecular weight is 302 g/mol. The number of carbonyl (C=O) groups is 1. The van der Waals surface area contributed by atoms with Gasteiger partial charge in [0.15, 0.2) is 0 Å². The fourth-order valence-corrected chi connectivity index (χ4v) is 2.46. The molecule has 0 saturated carbocycles. The molecule has 1 fully saturated rings. The Hall–Kier alpha value is -2.48. The molecule has 0 bridgehead atoms. The standard InChI is InChI=1S/C14H18N6O2/c1-20-12(2-6-17-20)14(21)19-10-4-7-22-8-11(10)18-13-3-5-15-9-16-13/h2-3,5-6,9-11H,4,7-8H2,1H3,(H,19,21)(H,15,16,18)/t10-,11+/m0/s1. The molecule has 0 aromatic carbocycles. The smallest absolute Gasteiger partial charge is 0.269 e. The summed E-state index contributed by atoms with van der Waals surface area (Å²) in [7, 11) is 1.75. The Morgan fingerprint density at radius 1 is 1.36 bits per heavy atom. The van der Waals surface area contributed by atoms with E-state index in [1.165, 1.54) is 6.33 Å². The maximum absolute atomic E-state index is 12.3. The normalized spacial score (nSPS) is 21.3. The van der Waals surface area contributed by atoms with Gasteiger partial charge in [-0.15, -0.1) is 0 Å². The lowest BCUT2D eigenvalue weighted by Gasteiger charge is -2.33. The van der Waals surface area contributed by atoms with Crippen molar-refractivity contribution in [1.82, 2.24) is 25.1 Å². The number of carbonyl (C=O) groups excluding carboxylic acids is 1. The van der Waals surface area contributed by atoms with E-state index in [1.807, 2.05) is 0 Å². The van der Waals surface area contributed by atoms with Crippen molar-refractivity contribution < 1.29 is 9.53 Å². The quantitative estimate of drug-likeness (QED) is 0.838. The highest BCUT2D eigenvalue weighted by atomic mass is 16.5. The first kappa shape index (κ1) is 14.5. The fourth-order valence-electron chi connectivity index (χ4n) is 2.46. The van der Waals surface area contributed by atoms with Crippen molar-refractivity contribution in [1.29, 1.82) is 0 Å². The summed E-state index contributed by atoms with van der Waals surface area (Å²) < 4.78 is 7.06. The van der Waals surface area contributed by atoms with Gasteiger partial charge in [-0.2, -0.15) is 5.10 Å². The van der Waals surface area contributed by atoms with Gasteiger partial charge in [0, 0.05) is 26.0 Å². The molecule has 2 aromatic heterocycles. The molecule has 1 aliphatic rings. The molecular weight excluding hydrogens is 284 g/mol. The second kappa shape index (κ2) is 6.52. The van der Waals surface area contributed by atoms with Crippen LogP contribution in [0.3, 0.4) is 0 Å². The summed E-state index contributed by atoms with van der Waals surface area (Å²) in [5, 5.41) is 10.3. The molecule has 116 valence electrons. The van der Waals surface area contributed by atoms with Crippen LogP contribution in [0.15, 0.2) is 30.9 Å². The van der Waals surface area contributed by atoms with E-state index in [4.69, 9.17) is 4.74 Å². The molecule has 22 heavy (non-hydrogen) atoms. The largest absolute Gasteiger partial charge is 0.379 e. The molecule has 8 nitrogen and oxygen atoms in total. The Balaban J connectivity index is 1.67. The van der Waals surface area contributed by atoms with E-state index in [-0.39, 0.29) is 18.0 Å². The van der Waals surface area contributed by atoms with Gasteiger partial charge >= 0.3 is 0 Å². The van der Waals surface area contributed by atoms with Gasteiger partial charge < -0.3 is 15.4 Å². The first-order valence-corrected chi connectivity index (χ1v) is 7.13. The molecule has 0 spiro atoms. The van der Waals surface area contributed by atoms with Crippen LogP contribution in [0.2, 0.25) is 0 Å². The molecule has 3 rings (SSSR count). The molecule has 0 unspecified atom stereocenters. The Morgan fingerprint density at radius 2 is 2.27 bits per heavy atom. The van der Waals surface area contributed by atoms with E-state index in [9.17, 15) is 4.79 Å². The van der Waals surface area contributed by atoms with Crippen molar-refractivity contribution >= 4 is 11.7 Å². The third kappa shape index (κ3) is 3.22. The highest BCUT2D eigenvalue weighted by Gasteiger charge is 2.28. The first-order valence-electron chi connectivity index (χ1n) is 7.13. The summed E-state index contributed by atoms with van der Waals surface area (Å²) in [6.07, 6.45) is 5.50.